The van der Waals surface area contributed by atoms with Gasteiger partial charge in [-0.25, -0.2) is 0 Å². The second-order valence-electron chi connectivity index (χ2n) is 11.4. The van der Waals surface area contributed by atoms with Gasteiger partial charge in [-0.2, -0.15) is 0 Å². The molecule has 0 fully saturated rings. The molecule has 5 heteroatoms. The quantitative estimate of drug-likeness (QED) is 0.428. The molecule has 0 heterocycles. The van der Waals surface area contributed by atoms with Crippen molar-refractivity contribution in [2.24, 2.45) is 0 Å². The molecule has 2 rings (SSSR count). The zero-order valence-electron chi connectivity index (χ0n) is 20.6. The van der Waals surface area contributed by atoms with Crippen LogP contribution in [0.3, 0.4) is 0 Å². The monoisotopic (exact) mass is 444 g/mol. The Bertz CT molecular complexity index is 903. The summed E-state index contributed by atoms with van der Waals surface area (Å²) < 4.78 is 12.3. The molecule has 166 valence electrons. The van der Waals surface area contributed by atoms with E-state index in [1.807, 2.05) is 0 Å². The van der Waals surface area contributed by atoms with Crippen molar-refractivity contribution in [2.45, 2.75) is 90.6 Å². The van der Waals surface area contributed by atoms with Gasteiger partial charge in [-0.3, -0.25) is 4.79 Å². The Hall–Kier alpha value is -1.60. The smallest absolute Gasteiger partial charge is 0.292 e. The molecule has 0 radical (unpaired) electrons. The Morgan fingerprint density at radius 3 is 1.90 bits per heavy atom. The van der Waals surface area contributed by atoms with Crippen molar-refractivity contribution in [1.29, 1.82) is 0 Å². The minimum atomic E-state index is -2.05. The highest BCUT2D eigenvalue weighted by atomic mass is 28.4. The molecule has 0 saturated heterocycles. The topological polar surface area (TPSA) is 35.5 Å². The Morgan fingerprint density at radius 1 is 0.800 bits per heavy atom. The summed E-state index contributed by atoms with van der Waals surface area (Å²) in [5.74, 6) is 0.861. The van der Waals surface area contributed by atoms with Gasteiger partial charge in [0.25, 0.3) is 14.3 Å². The first-order valence-corrected chi connectivity index (χ1v) is 16.8. The van der Waals surface area contributed by atoms with Crippen LogP contribution in [0.1, 0.15) is 53.5 Å². The molecule has 0 spiro atoms. The van der Waals surface area contributed by atoms with Crippen LogP contribution >= 0.6 is 0 Å². The van der Waals surface area contributed by atoms with E-state index in [4.69, 9.17) is 8.85 Å². The van der Waals surface area contributed by atoms with Crippen LogP contribution in [0.4, 0.5) is 0 Å². The zero-order valence-corrected chi connectivity index (χ0v) is 22.6. The third kappa shape index (κ3) is 5.97. The van der Waals surface area contributed by atoms with Gasteiger partial charge < -0.3 is 8.85 Å². The molecule has 0 aliphatic rings. The van der Waals surface area contributed by atoms with Crippen LogP contribution in [0.15, 0.2) is 36.4 Å². The highest BCUT2D eigenvalue weighted by Crippen LogP contribution is 2.38. The summed E-state index contributed by atoms with van der Waals surface area (Å²) in [6.07, 6.45) is 1.12. The maximum absolute atomic E-state index is 12.4. The predicted molar refractivity (Wildman–Crippen MR) is 133 cm³/mol. The number of benzene rings is 2. The molecule has 0 aromatic heterocycles. The lowest BCUT2D eigenvalue weighted by Gasteiger charge is -2.36. The molecule has 0 aliphatic heterocycles. The fraction of sp³-hybridized carbons (Fsp3) is 0.560. The average Bonchev–Trinajstić information content (AvgIpc) is 2.57. The predicted octanol–water partition coefficient (Wildman–Crippen LogP) is 7.70. The van der Waals surface area contributed by atoms with Gasteiger partial charge >= 0.3 is 0 Å². The van der Waals surface area contributed by atoms with Gasteiger partial charge in [0.05, 0.1) is 0 Å². The maximum atomic E-state index is 12.4. The number of rotatable bonds is 6. The number of aryl methyl sites for hydroxylation is 1. The normalized spacial score (nSPS) is 13.4. The van der Waals surface area contributed by atoms with Crippen molar-refractivity contribution in [3.05, 3.63) is 42.0 Å². The van der Waals surface area contributed by atoms with E-state index in [-0.39, 0.29) is 16.0 Å². The fourth-order valence-corrected chi connectivity index (χ4v) is 4.67. The molecular weight excluding hydrogens is 404 g/mol. The zero-order chi connectivity index (χ0) is 23.0. The maximum Gasteiger partial charge on any atom is 0.292 e. The van der Waals surface area contributed by atoms with Gasteiger partial charge in [0, 0.05) is 6.42 Å². The second-order valence-corrected chi connectivity index (χ2v) is 20.9. The highest BCUT2D eigenvalue weighted by molar-refractivity contribution is 6.75. The minimum Gasteiger partial charge on any atom is -0.543 e. The number of fused-ring (bicyclic) bond motifs is 1. The lowest BCUT2D eigenvalue weighted by Crippen LogP contribution is -2.43. The van der Waals surface area contributed by atoms with E-state index in [2.05, 4.69) is 104 Å². The fourth-order valence-electron chi connectivity index (χ4n) is 2.68. The number of hydrogen-bond donors (Lipinski definition) is 0. The van der Waals surface area contributed by atoms with E-state index in [1.165, 1.54) is 10.8 Å². The first-order valence-electron chi connectivity index (χ1n) is 11.0. The molecule has 2 aromatic carbocycles. The molecule has 30 heavy (non-hydrogen) atoms. The van der Waals surface area contributed by atoms with Crippen molar-refractivity contribution >= 4 is 33.4 Å². The molecular formula is C25H40O3Si2. The summed E-state index contributed by atoms with van der Waals surface area (Å²) in [6.45, 7) is 22.0. The van der Waals surface area contributed by atoms with Gasteiger partial charge in [-0.1, -0.05) is 65.8 Å². The van der Waals surface area contributed by atoms with Crippen LogP contribution in [-0.2, 0) is 15.6 Å². The molecule has 0 aliphatic carbocycles. The first kappa shape index (κ1) is 24.7. The molecule has 0 amide bonds. The molecule has 0 atom stereocenters. The third-order valence-electron chi connectivity index (χ3n) is 6.85. The van der Waals surface area contributed by atoms with E-state index < -0.39 is 16.6 Å². The Balaban J connectivity index is 2.07. The second kappa shape index (κ2) is 8.50. The number of carbonyl (C=O) groups is 1. The van der Waals surface area contributed by atoms with Crippen LogP contribution in [0.5, 0.6) is 5.75 Å². The number of carbonyl (C=O) groups excluding carboxylic acids is 1. The molecule has 3 nitrogen and oxygen atoms in total. The molecule has 0 unspecified atom stereocenters. The van der Waals surface area contributed by atoms with Crippen LogP contribution < -0.4 is 4.43 Å². The minimum absolute atomic E-state index is 0.0375. The van der Waals surface area contributed by atoms with Crippen LogP contribution in [-0.4, -0.2) is 22.6 Å². The lowest BCUT2D eigenvalue weighted by molar-refractivity contribution is -0.135. The summed E-state index contributed by atoms with van der Waals surface area (Å²) in [6, 6.07) is 12.7. The summed E-state index contributed by atoms with van der Waals surface area (Å²) in [4.78, 5) is 12.4. The average molecular weight is 445 g/mol. The standard InChI is InChI=1S/C25H40O3Si2/c1-24(2,3)29(7,8)27-22-15-14-20-17-19(11-13-21(20)18-22)12-16-23(26)28-30(9,10)25(4,5)6/h11,13-15,17-18H,12,16H2,1-10H3. The van der Waals surface area contributed by atoms with E-state index in [0.29, 0.717) is 12.8 Å². The molecule has 0 bridgehead atoms. The summed E-state index contributed by atoms with van der Waals surface area (Å²) in [5, 5.41) is 2.55. The highest BCUT2D eigenvalue weighted by Gasteiger charge is 2.40. The van der Waals surface area contributed by atoms with E-state index >= 15 is 0 Å². The first-order chi connectivity index (χ1) is 13.5. The van der Waals surface area contributed by atoms with Gasteiger partial charge in [0.2, 0.25) is 8.32 Å². The van der Waals surface area contributed by atoms with E-state index in [1.54, 1.807) is 0 Å². The lowest BCUT2D eigenvalue weighted by atomic mass is 10.0. The molecule has 2 aromatic rings. The Kier molecular flexibility index (Phi) is 6.99. The summed E-state index contributed by atoms with van der Waals surface area (Å²) in [7, 11) is -3.90. The van der Waals surface area contributed by atoms with E-state index in [9.17, 15) is 4.79 Å². The summed E-state index contributed by atoms with van der Waals surface area (Å²) >= 11 is 0. The Morgan fingerprint density at radius 2 is 1.33 bits per heavy atom. The van der Waals surface area contributed by atoms with Crippen molar-refractivity contribution in [2.75, 3.05) is 0 Å². The third-order valence-corrected chi connectivity index (χ3v) is 15.6. The van der Waals surface area contributed by atoms with Crippen LogP contribution in [0.2, 0.25) is 36.3 Å². The van der Waals surface area contributed by atoms with Crippen molar-refractivity contribution < 1.29 is 13.6 Å². The van der Waals surface area contributed by atoms with E-state index in [0.717, 1.165) is 11.3 Å². The van der Waals surface area contributed by atoms with Gasteiger partial charge in [-0.15, -0.1) is 0 Å². The van der Waals surface area contributed by atoms with Gasteiger partial charge in [0.15, 0.2) is 0 Å². The van der Waals surface area contributed by atoms with Gasteiger partial charge in [-0.05, 0) is 71.2 Å². The van der Waals surface area contributed by atoms with Crippen LogP contribution in [0, 0.1) is 0 Å². The van der Waals surface area contributed by atoms with Gasteiger partial charge in [0.1, 0.15) is 5.75 Å². The SMILES string of the molecule is CC(C)(C)[Si](C)(C)OC(=O)CCc1ccc2cc(O[Si](C)(C)C(C)(C)C)ccc2c1. The largest absolute Gasteiger partial charge is 0.543 e. The van der Waals surface area contributed by atoms with Crippen LogP contribution in [0.25, 0.3) is 10.8 Å². The Labute approximate surface area is 185 Å². The number of hydrogen-bond acceptors (Lipinski definition) is 3. The van der Waals surface area contributed by atoms with Crippen molar-refractivity contribution in [3.63, 3.8) is 0 Å². The molecule has 0 saturated carbocycles. The molecule has 0 N–H and O–H groups in total. The van der Waals surface area contributed by atoms with Crippen molar-refractivity contribution in [1.82, 2.24) is 0 Å². The van der Waals surface area contributed by atoms with Crippen molar-refractivity contribution in [3.8, 4) is 5.75 Å². The summed E-state index contributed by atoms with van der Waals surface area (Å²) in [5.41, 5.74) is 1.16.